The molecule has 6 nitrogen and oxygen atoms in total. The van der Waals surface area contributed by atoms with Crippen LogP contribution in [0.25, 0.3) is 0 Å². The van der Waals surface area contributed by atoms with Gasteiger partial charge in [-0.25, -0.2) is 4.68 Å². The Morgan fingerprint density at radius 3 is 2.81 bits per heavy atom. The molecule has 0 saturated carbocycles. The van der Waals surface area contributed by atoms with Crippen LogP contribution in [-0.4, -0.2) is 25.3 Å². The first-order valence-corrected chi connectivity index (χ1v) is 6.75. The summed E-state index contributed by atoms with van der Waals surface area (Å²) in [7, 11) is 0. The predicted molar refractivity (Wildman–Crippen MR) is 75.5 cm³/mol. The van der Waals surface area contributed by atoms with Gasteiger partial charge in [0.15, 0.2) is 0 Å². The molecule has 3 rings (SSSR count). The second-order valence-corrected chi connectivity index (χ2v) is 4.98. The highest BCUT2D eigenvalue weighted by atomic mass is 16.5. The van der Waals surface area contributed by atoms with Gasteiger partial charge < -0.3 is 9.63 Å². The summed E-state index contributed by atoms with van der Waals surface area (Å²) in [5.74, 6) is 0.759. The molecule has 21 heavy (non-hydrogen) atoms. The lowest BCUT2D eigenvalue weighted by Gasteiger charge is -2.06. The summed E-state index contributed by atoms with van der Waals surface area (Å²) >= 11 is 0. The first-order chi connectivity index (χ1) is 10.2. The van der Waals surface area contributed by atoms with Gasteiger partial charge in [-0.15, -0.1) is 5.10 Å². The zero-order valence-electron chi connectivity index (χ0n) is 11.7. The molecule has 0 bridgehead atoms. The minimum atomic E-state index is -0.666. The number of hydrogen-bond acceptors (Lipinski definition) is 5. The quantitative estimate of drug-likeness (QED) is 0.774. The van der Waals surface area contributed by atoms with E-state index in [1.807, 2.05) is 43.3 Å². The molecule has 0 aliphatic heterocycles. The number of aliphatic hydroxyl groups excluding tert-OH is 1. The van der Waals surface area contributed by atoms with Gasteiger partial charge in [0.1, 0.15) is 23.3 Å². The second-order valence-electron chi connectivity index (χ2n) is 4.98. The number of aryl methyl sites for hydroxylation is 1. The average molecular weight is 284 g/mol. The van der Waals surface area contributed by atoms with Gasteiger partial charge in [-0.2, -0.15) is 0 Å². The molecule has 0 aliphatic carbocycles. The van der Waals surface area contributed by atoms with Gasteiger partial charge in [0, 0.05) is 12.5 Å². The van der Waals surface area contributed by atoms with Gasteiger partial charge in [-0.1, -0.05) is 40.7 Å². The van der Waals surface area contributed by atoms with Crippen LogP contribution in [0.1, 0.15) is 28.8 Å². The van der Waals surface area contributed by atoms with Crippen LogP contribution in [0.2, 0.25) is 0 Å². The third-order valence-electron chi connectivity index (χ3n) is 3.17. The molecule has 0 amide bonds. The lowest BCUT2D eigenvalue weighted by atomic mass is 10.1. The van der Waals surface area contributed by atoms with Crippen LogP contribution in [0.15, 0.2) is 47.1 Å². The molecule has 0 saturated heterocycles. The summed E-state index contributed by atoms with van der Waals surface area (Å²) in [4.78, 5) is 0. The minimum Gasteiger partial charge on any atom is -0.386 e. The summed E-state index contributed by atoms with van der Waals surface area (Å²) in [6, 6.07) is 11.7. The van der Waals surface area contributed by atoms with Crippen LogP contribution in [0.4, 0.5) is 0 Å². The van der Waals surface area contributed by atoms with Gasteiger partial charge in [0.25, 0.3) is 0 Å². The molecule has 6 heteroatoms. The van der Waals surface area contributed by atoms with E-state index in [0.29, 0.717) is 18.7 Å². The third-order valence-corrected chi connectivity index (χ3v) is 3.17. The van der Waals surface area contributed by atoms with Crippen molar-refractivity contribution in [1.82, 2.24) is 20.2 Å². The van der Waals surface area contributed by atoms with E-state index >= 15 is 0 Å². The third kappa shape index (κ3) is 3.35. The molecular weight excluding hydrogens is 268 g/mol. The molecule has 2 aromatic heterocycles. The SMILES string of the molecule is Cc1cc(Cn2cc(C(O)Cc3ccccc3)nn2)no1. The Labute approximate surface area is 122 Å². The molecule has 1 aromatic carbocycles. The van der Waals surface area contributed by atoms with Gasteiger partial charge in [0.05, 0.1) is 12.7 Å². The van der Waals surface area contributed by atoms with Gasteiger partial charge in [-0.05, 0) is 12.5 Å². The molecule has 1 N–H and O–H groups in total. The highest BCUT2D eigenvalue weighted by Crippen LogP contribution is 2.16. The maximum atomic E-state index is 10.2. The molecule has 108 valence electrons. The largest absolute Gasteiger partial charge is 0.386 e. The van der Waals surface area contributed by atoms with Crippen molar-refractivity contribution >= 4 is 0 Å². The van der Waals surface area contributed by atoms with Crippen molar-refractivity contribution in [2.75, 3.05) is 0 Å². The Hall–Kier alpha value is -2.47. The number of benzene rings is 1. The van der Waals surface area contributed by atoms with Gasteiger partial charge in [0.2, 0.25) is 0 Å². The summed E-state index contributed by atoms with van der Waals surface area (Å²) in [5.41, 5.74) is 2.40. The molecule has 1 unspecified atom stereocenters. The smallest absolute Gasteiger partial charge is 0.133 e. The lowest BCUT2D eigenvalue weighted by molar-refractivity contribution is 0.173. The van der Waals surface area contributed by atoms with Crippen LogP contribution in [0.3, 0.4) is 0 Å². The number of nitrogens with zero attached hydrogens (tertiary/aromatic N) is 4. The van der Waals surface area contributed by atoms with Crippen molar-refractivity contribution in [1.29, 1.82) is 0 Å². The standard InChI is InChI=1S/C15H16N4O2/c1-11-7-13(17-21-11)9-19-10-14(16-18-19)15(20)8-12-5-3-2-4-6-12/h2-7,10,15,20H,8-9H2,1H3. The van der Waals surface area contributed by atoms with Crippen LogP contribution < -0.4 is 0 Å². The summed E-state index contributed by atoms with van der Waals surface area (Å²) in [6.07, 6.45) is 1.58. The normalized spacial score (nSPS) is 12.5. The fourth-order valence-electron chi connectivity index (χ4n) is 2.14. The Morgan fingerprint density at radius 1 is 1.29 bits per heavy atom. The van der Waals surface area contributed by atoms with E-state index in [-0.39, 0.29) is 0 Å². The lowest BCUT2D eigenvalue weighted by Crippen LogP contribution is -2.02. The topological polar surface area (TPSA) is 77.0 Å². The molecule has 2 heterocycles. The van der Waals surface area contributed by atoms with E-state index in [1.165, 1.54) is 0 Å². The number of aliphatic hydroxyl groups is 1. The van der Waals surface area contributed by atoms with Crippen molar-refractivity contribution in [2.45, 2.75) is 26.0 Å². The van der Waals surface area contributed by atoms with Crippen molar-refractivity contribution in [3.05, 3.63) is 65.3 Å². The zero-order valence-corrected chi connectivity index (χ0v) is 11.7. The fourth-order valence-corrected chi connectivity index (χ4v) is 2.14. The van der Waals surface area contributed by atoms with Crippen molar-refractivity contribution < 1.29 is 9.63 Å². The van der Waals surface area contributed by atoms with Crippen molar-refractivity contribution in [3.8, 4) is 0 Å². The van der Waals surface area contributed by atoms with Crippen LogP contribution in [0, 0.1) is 6.92 Å². The first-order valence-electron chi connectivity index (χ1n) is 6.75. The molecule has 0 spiro atoms. The monoisotopic (exact) mass is 284 g/mol. The highest BCUT2D eigenvalue weighted by molar-refractivity contribution is 5.17. The maximum Gasteiger partial charge on any atom is 0.133 e. The van der Waals surface area contributed by atoms with E-state index in [2.05, 4.69) is 15.5 Å². The van der Waals surface area contributed by atoms with Crippen LogP contribution >= 0.6 is 0 Å². The molecule has 0 radical (unpaired) electrons. The average Bonchev–Trinajstić information content (AvgIpc) is 3.10. The van der Waals surface area contributed by atoms with Gasteiger partial charge >= 0.3 is 0 Å². The van der Waals surface area contributed by atoms with Crippen LogP contribution in [-0.2, 0) is 13.0 Å². The van der Waals surface area contributed by atoms with E-state index in [0.717, 1.165) is 17.0 Å². The molecule has 0 fully saturated rings. The van der Waals surface area contributed by atoms with E-state index in [1.54, 1.807) is 10.9 Å². The minimum absolute atomic E-state index is 0.475. The van der Waals surface area contributed by atoms with Crippen molar-refractivity contribution in [2.24, 2.45) is 0 Å². The first kappa shape index (κ1) is 13.5. The Kier molecular flexibility index (Phi) is 3.79. The Morgan fingerprint density at radius 2 is 2.10 bits per heavy atom. The molecule has 1 atom stereocenters. The highest BCUT2D eigenvalue weighted by Gasteiger charge is 2.13. The van der Waals surface area contributed by atoms with E-state index in [9.17, 15) is 5.11 Å². The summed E-state index contributed by atoms with van der Waals surface area (Å²) in [5, 5.41) is 22.1. The van der Waals surface area contributed by atoms with E-state index < -0.39 is 6.10 Å². The number of rotatable bonds is 5. The molecule has 3 aromatic rings. The van der Waals surface area contributed by atoms with Crippen LogP contribution in [0.5, 0.6) is 0 Å². The Balaban J connectivity index is 1.66. The van der Waals surface area contributed by atoms with Gasteiger partial charge in [-0.3, -0.25) is 0 Å². The number of hydrogen-bond donors (Lipinski definition) is 1. The number of aromatic nitrogens is 4. The van der Waals surface area contributed by atoms with E-state index in [4.69, 9.17) is 4.52 Å². The van der Waals surface area contributed by atoms with Crippen molar-refractivity contribution in [3.63, 3.8) is 0 Å². The molecule has 0 aliphatic rings. The maximum absolute atomic E-state index is 10.2. The summed E-state index contributed by atoms with van der Waals surface area (Å²) in [6.45, 7) is 2.31. The Bertz CT molecular complexity index is 705. The summed E-state index contributed by atoms with van der Waals surface area (Å²) < 4.78 is 6.65. The zero-order chi connectivity index (χ0) is 14.7. The molecular formula is C15H16N4O2. The predicted octanol–water partition coefficient (Wildman–Crippen LogP) is 1.90. The second kappa shape index (κ2) is 5.88. The fraction of sp³-hybridized carbons (Fsp3) is 0.267.